The number of carboxylic acid groups (broad SMARTS) is 1. The molecule has 6 rings (SSSR count). The summed E-state index contributed by atoms with van der Waals surface area (Å²) in [7, 11) is 0. The van der Waals surface area contributed by atoms with Crippen LogP contribution in [0.2, 0.25) is 0 Å². The van der Waals surface area contributed by atoms with Gasteiger partial charge in [-0.3, -0.25) is 9.79 Å². The molecule has 0 amide bonds. The highest BCUT2D eigenvalue weighted by Crippen LogP contribution is 2.69. The van der Waals surface area contributed by atoms with Crippen LogP contribution in [0.3, 0.4) is 0 Å². The molecule has 12 heteroatoms. The molecule has 0 radical (unpaired) electrons. The van der Waals surface area contributed by atoms with Crippen LogP contribution < -0.4 is 4.74 Å². The van der Waals surface area contributed by atoms with Crippen molar-refractivity contribution in [3.05, 3.63) is 64.5 Å². The fourth-order valence-corrected chi connectivity index (χ4v) is 7.17. The van der Waals surface area contributed by atoms with Crippen LogP contribution in [0, 0.1) is 40.6 Å². The predicted molar refractivity (Wildman–Crippen MR) is 146 cm³/mol. The zero-order chi connectivity index (χ0) is 31.8. The van der Waals surface area contributed by atoms with Crippen molar-refractivity contribution in [2.75, 3.05) is 6.54 Å². The molecule has 0 aromatic heterocycles. The number of dihydropyridines is 1. The molecule has 44 heavy (non-hydrogen) atoms. The molecule has 4 atom stereocenters. The second kappa shape index (κ2) is 10.5. The van der Waals surface area contributed by atoms with Crippen molar-refractivity contribution in [2.45, 2.75) is 70.4 Å². The van der Waals surface area contributed by atoms with Gasteiger partial charge >= 0.3 is 12.1 Å². The van der Waals surface area contributed by atoms with E-state index < -0.39 is 81.7 Å². The van der Waals surface area contributed by atoms with Gasteiger partial charge in [-0.25, -0.2) is 13.2 Å². The Hall–Kier alpha value is -3.54. The van der Waals surface area contributed by atoms with Crippen LogP contribution >= 0.6 is 0 Å². The van der Waals surface area contributed by atoms with Crippen LogP contribution in [0.15, 0.2) is 40.9 Å². The first-order chi connectivity index (χ1) is 20.6. The van der Waals surface area contributed by atoms with E-state index in [0.29, 0.717) is 32.1 Å². The van der Waals surface area contributed by atoms with Crippen LogP contribution in [0.5, 0.6) is 5.75 Å². The highest BCUT2D eigenvalue weighted by Gasteiger charge is 2.68. The molecule has 236 valence electrons. The van der Waals surface area contributed by atoms with E-state index in [1.165, 1.54) is 0 Å². The largest absolute Gasteiger partial charge is 0.484 e. The Morgan fingerprint density at radius 1 is 1.05 bits per heavy atom. The van der Waals surface area contributed by atoms with Gasteiger partial charge in [0.1, 0.15) is 12.4 Å². The molecule has 3 aliphatic carbocycles. The molecule has 1 unspecified atom stereocenters. The van der Waals surface area contributed by atoms with E-state index >= 15 is 8.78 Å². The molecule has 3 fully saturated rings. The Labute approximate surface area is 249 Å². The Morgan fingerprint density at radius 2 is 1.70 bits per heavy atom. The number of halogens is 6. The van der Waals surface area contributed by atoms with Gasteiger partial charge in [0.05, 0.1) is 29.7 Å². The second-order valence-electron chi connectivity index (χ2n) is 12.9. The maximum absolute atomic E-state index is 15.1. The summed E-state index contributed by atoms with van der Waals surface area (Å²) in [4.78, 5) is 15.9. The molecule has 3 saturated carbocycles. The van der Waals surface area contributed by atoms with Crippen molar-refractivity contribution in [1.82, 2.24) is 0 Å². The molecule has 0 spiro atoms. The van der Waals surface area contributed by atoms with Crippen LogP contribution in [0.25, 0.3) is 11.1 Å². The van der Waals surface area contributed by atoms with Crippen LogP contribution in [-0.4, -0.2) is 40.3 Å². The van der Waals surface area contributed by atoms with Gasteiger partial charge in [-0.05, 0) is 92.3 Å². The van der Waals surface area contributed by atoms with Gasteiger partial charge < -0.3 is 19.7 Å². The third-order valence-electron chi connectivity index (χ3n) is 9.71. The molecular weight excluding hydrogens is 592 g/mol. The Kier molecular flexibility index (Phi) is 7.29. The van der Waals surface area contributed by atoms with Crippen molar-refractivity contribution < 1.29 is 50.8 Å². The summed E-state index contributed by atoms with van der Waals surface area (Å²) in [5.74, 6) is -5.46. The monoisotopic (exact) mass is 623 g/mol. The minimum atomic E-state index is -5.03. The standard InChI is InChI=1S/C32H31F6NO5/c1-30(42)5-3-18(4-6-30)44-28-23(34)8-15(9-24(28)35)19-7-16(22(33)12-21(19)32(36,37)38)13-43-25-11-17-10-20-26(29(40)41)27(20)31(17,2)14-39-25/h7-9,11-12,18,20,26-27,42H,3-6,10,13-14H2,1-2H3,(H,40,41)/t18?,20-,26-,27-,30?,31?/m0/s1. The fraction of sp³-hybridized carbons (Fsp3) is 0.500. The lowest BCUT2D eigenvalue weighted by Gasteiger charge is -2.33. The maximum Gasteiger partial charge on any atom is 0.417 e. The second-order valence-corrected chi connectivity index (χ2v) is 12.9. The molecule has 1 aliphatic heterocycles. The van der Waals surface area contributed by atoms with Crippen molar-refractivity contribution in [1.29, 1.82) is 0 Å². The molecule has 0 saturated heterocycles. The van der Waals surface area contributed by atoms with E-state index in [1.807, 2.05) is 6.92 Å². The van der Waals surface area contributed by atoms with E-state index in [2.05, 4.69) is 4.99 Å². The lowest BCUT2D eigenvalue weighted by molar-refractivity contribution is -0.140. The van der Waals surface area contributed by atoms with Crippen molar-refractivity contribution in [3.8, 4) is 16.9 Å². The van der Waals surface area contributed by atoms with Gasteiger partial charge in [-0.2, -0.15) is 13.2 Å². The van der Waals surface area contributed by atoms with Crippen molar-refractivity contribution in [2.24, 2.45) is 28.2 Å². The molecule has 4 aliphatic rings. The number of benzene rings is 2. The highest BCUT2D eigenvalue weighted by molar-refractivity contribution is 5.90. The van der Waals surface area contributed by atoms with Gasteiger partial charge in [-0.1, -0.05) is 12.5 Å². The lowest BCUT2D eigenvalue weighted by atomic mass is 9.77. The van der Waals surface area contributed by atoms with E-state index in [9.17, 15) is 32.6 Å². The zero-order valence-electron chi connectivity index (χ0n) is 24.0. The van der Waals surface area contributed by atoms with Crippen molar-refractivity contribution in [3.63, 3.8) is 0 Å². The summed E-state index contributed by atoms with van der Waals surface area (Å²) in [5, 5.41) is 19.5. The molecule has 2 N–H and O–H groups in total. The number of carbonyl (C=O) groups is 1. The zero-order valence-corrected chi connectivity index (χ0v) is 24.0. The average molecular weight is 624 g/mol. The number of alkyl halides is 3. The van der Waals surface area contributed by atoms with Gasteiger partial charge in [-0.15, -0.1) is 0 Å². The first-order valence-electron chi connectivity index (χ1n) is 14.5. The summed E-state index contributed by atoms with van der Waals surface area (Å²) in [6.07, 6.45) is -1.94. The summed E-state index contributed by atoms with van der Waals surface area (Å²) in [6, 6.07) is 2.57. The lowest BCUT2D eigenvalue weighted by Crippen LogP contribution is -2.35. The third-order valence-corrected chi connectivity index (χ3v) is 9.71. The molecule has 6 nitrogen and oxygen atoms in total. The molecule has 2 aromatic carbocycles. The third kappa shape index (κ3) is 5.46. The minimum absolute atomic E-state index is 0.0183. The predicted octanol–water partition coefficient (Wildman–Crippen LogP) is 7.07. The summed E-state index contributed by atoms with van der Waals surface area (Å²) >= 11 is 0. The first-order valence-corrected chi connectivity index (χ1v) is 14.5. The number of ether oxygens (including phenoxy) is 2. The minimum Gasteiger partial charge on any atom is -0.484 e. The molecule has 1 heterocycles. The average Bonchev–Trinajstić information content (AvgIpc) is 3.59. The van der Waals surface area contributed by atoms with Crippen LogP contribution in [-0.2, 0) is 22.3 Å². The number of aliphatic hydroxyl groups is 1. The van der Waals surface area contributed by atoms with Crippen molar-refractivity contribution >= 4 is 11.9 Å². The highest BCUT2D eigenvalue weighted by atomic mass is 19.4. The van der Waals surface area contributed by atoms with E-state index in [0.717, 1.165) is 23.8 Å². The maximum atomic E-state index is 15.1. The molecular formula is C32H31F6NO5. The number of nitrogens with zero attached hydrogens (tertiary/aromatic N) is 1. The van der Waals surface area contributed by atoms with Gasteiger partial charge in [0.25, 0.3) is 0 Å². The van der Waals surface area contributed by atoms with E-state index in [1.54, 1.807) is 13.0 Å². The normalized spacial score (nSPS) is 31.0. The summed E-state index contributed by atoms with van der Waals surface area (Å²) in [5.41, 5.74) is -3.14. The Bertz CT molecular complexity index is 1550. The van der Waals surface area contributed by atoms with Gasteiger partial charge in [0, 0.05) is 11.0 Å². The van der Waals surface area contributed by atoms with Crippen LogP contribution in [0.1, 0.15) is 57.1 Å². The SMILES string of the molecule is CC1(O)CCC(Oc2c(F)cc(-c3cc(COC4=NCC5(C)C(=C4)C[C@H]4[C@H](C(=O)O)[C@H]45)c(F)cc3C(F)(F)F)cc2F)CC1. The Balaban J connectivity index is 1.23. The van der Waals surface area contributed by atoms with Gasteiger partial charge in [0.15, 0.2) is 17.4 Å². The number of carboxylic acids is 1. The topological polar surface area (TPSA) is 88.4 Å². The van der Waals surface area contributed by atoms with Gasteiger partial charge in [0.2, 0.25) is 5.90 Å². The summed E-state index contributed by atoms with van der Waals surface area (Å²) in [6.45, 7) is 3.37. The number of rotatable bonds is 6. The fourth-order valence-electron chi connectivity index (χ4n) is 7.17. The number of aliphatic carboxylic acids is 1. The number of hydrogen-bond donors (Lipinski definition) is 2. The molecule has 0 bridgehead atoms. The number of hydrogen-bond acceptors (Lipinski definition) is 5. The smallest absolute Gasteiger partial charge is 0.417 e. The van der Waals surface area contributed by atoms with E-state index in [-0.39, 0.29) is 35.9 Å². The molecule has 2 aromatic rings. The van der Waals surface area contributed by atoms with E-state index in [4.69, 9.17) is 9.47 Å². The van der Waals surface area contributed by atoms with Crippen LogP contribution in [0.4, 0.5) is 26.3 Å². The quantitative estimate of drug-likeness (QED) is 0.336. The number of aliphatic imine (C=N–C) groups is 1. The number of fused-ring (bicyclic) bond motifs is 3. The summed E-state index contributed by atoms with van der Waals surface area (Å²) < 4.78 is 98.1. The first kappa shape index (κ1) is 30.5. The Morgan fingerprint density at radius 3 is 2.32 bits per heavy atom.